The maximum absolute atomic E-state index is 12.1. The number of carbonyl (C=O) groups is 1. The zero-order valence-corrected chi connectivity index (χ0v) is 13.1. The van der Waals surface area contributed by atoms with Gasteiger partial charge in [0.25, 0.3) is 5.22 Å². The number of oxazole rings is 1. The van der Waals surface area contributed by atoms with Crippen LogP contribution in [0.4, 0.5) is 5.69 Å². The Morgan fingerprint density at radius 2 is 2.00 bits per heavy atom. The number of rotatable bonds is 4. The van der Waals surface area contributed by atoms with Crippen LogP contribution in [0.1, 0.15) is 0 Å². The van der Waals surface area contributed by atoms with Crippen LogP contribution in [-0.4, -0.2) is 26.6 Å². The van der Waals surface area contributed by atoms with Crippen LogP contribution in [-0.2, 0) is 4.79 Å². The van der Waals surface area contributed by atoms with E-state index in [2.05, 4.69) is 20.3 Å². The number of para-hydroxylation sites is 2. The van der Waals surface area contributed by atoms with Gasteiger partial charge in [-0.2, -0.15) is 0 Å². The molecular weight excluding hydrogens is 328 g/mol. The molecule has 1 amide bonds. The average molecular weight is 340 g/mol. The molecule has 0 saturated carbocycles. The zero-order chi connectivity index (χ0) is 16.5. The number of amides is 1. The molecule has 4 aromatic rings. The number of anilines is 1. The normalized spacial score (nSPS) is 11.2. The molecule has 4 rings (SSSR count). The minimum atomic E-state index is -0.278. The number of H-pyrrole nitrogens is 2. The van der Waals surface area contributed by atoms with E-state index in [1.807, 2.05) is 24.3 Å². The molecule has 0 radical (unpaired) electrons. The Hall–Kier alpha value is -3.00. The topological polar surface area (TPSA) is 104 Å². The molecule has 7 nitrogen and oxygen atoms in total. The number of aromatic nitrogens is 3. The van der Waals surface area contributed by atoms with E-state index >= 15 is 0 Å². The molecular formula is C16H12N4O3S. The summed E-state index contributed by atoms with van der Waals surface area (Å²) in [7, 11) is 0. The van der Waals surface area contributed by atoms with E-state index in [9.17, 15) is 9.59 Å². The van der Waals surface area contributed by atoms with Crippen molar-refractivity contribution in [2.45, 2.75) is 5.22 Å². The number of hydrogen-bond donors (Lipinski definition) is 3. The van der Waals surface area contributed by atoms with Gasteiger partial charge in [0.1, 0.15) is 5.52 Å². The van der Waals surface area contributed by atoms with Crippen molar-refractivity contribution < 1.29 is 9.21 Å². The molecule has 2 aromatic heterocycles. The summed E-state index contributed by atoms with van der Waals surface area (Å²) in [5, 5.41) is 3.24. The van der Waals surface area contributed by atoms with Gasteiger partial charge in [-0.05, 0) is 30.3 Å². The summed E-state index contributed by atoms with van der Waals surface area (Å²) in [5.41, 5.74) is 3.13. The highest BCUT2D eigenvalue weighted by Gasteiger charge is 2.10. The minimum absolute atomic E-state index is 0.175. The predicted molar refractivity (Wildman–Crippen MR) is 92.3 cm³/mol. The quantitative estimate of drug-likeness (QED) is 0.496. The lowest BCUT2D eigenvalue weighted by molar-refractivity contribution is -0.113. The minimum Gasteiger partial charge on any atom is -0.431 e. The van der Waals surface area contributed by atoms with Crippen molar-refractivity contribution in [2.75, 3.05) is 11.1 Å². The van der Waals surface area contributed by atoms with Gasteiger partial charge in [-0.25, -0.2) is 9.78 Å². The molecule has 0 aliphatic rings. The maximum Gasteiger partial charge on any atom is 0.323 e. The zero-order valence-electron chi connectivity index (χ0n) is 12.3. The Bertz CT molecular complexity index is 1060. The lowest BCUT2D eigenvalue weighted by atomic mass is 10.3. The summed E-state index contributed by atoms with van der Waals surface area (Å²) in [6.45, 7) is 0. The number of nitrogens with one attached hydrogen (secondary N) is 3. The first kappa shape index (κ1) is 14.6. The number of aromatic amines is 2. The fourth-order valence-corrected chi connectivity index (χ4v) is 2.99. The van der Waals surface area contributed by atoms with Gasteiger partial charge in [-0.3, -0.25) is 4.79 Å². The monoisotopic (exact) mass is 340 g/mol. The van der Waals surface area contributed by atoms with E-state index in [4.69, 9.17) is 4.42 Å². The lowest BCUT2D eigenvalue weighted by Gasteiger charge is -2.03. The molecule has 0 spiro atoms. The van der Waals surface area contributed by atoms with Crippen molar-refractivity contribution in [3.8, 4) is 0 Å². The lowest BCUT2D eigenvalue weighted by Crippen LogP contribution is -2.13. The number of benzene rings is 2. The largest absolute Gasteiger partial charge is 0.431 e. The smallest absolute Gasteiger partial charge is 0.323 e. The summed E-state index contributed by atoms with van der Waals surface area (Å²) < 4.78 is 5.56. The first-order chi connectivity index (χ1) is 11.7. The molecule has 0 aliphatic heterocycles. The SMILES string of the molecule is O=C(CSc1nc2ccccc2o1)Nc1ccc2[nH]c(=O)[nH]c2c1. The first-order valence-electron chi connectivity index (χ1n) is 7.18. The molecule has 3 N–H and O–H groups in total. The molecule has 0 atom stereocenters. The Labute approximate surface area is 139 Å². The molecule has 0 aliphatic carbocycles. The second-order valence-corrected chi connectivity index (χ2v) is 6.05. The Balaban J connectivity index is 1.42. The van der Waals surface area contributed by atoms with Gasteiger partial charge in [-0.1, -0.05) is 23.9 Å². The van der Waals surface area contributed by atoms with Crippen molar-refractivity contribution in [2.24, 2.45) is 0 Å². The summed E-state index contributed by atoms with van der Waals surface area (Å²) in [6.07, 6.45) is 0. The van der Waals surface area contributed by atoms with Crippen LogP contribution in [0, 0.1) is 0 Å². The number of fused-ring (bicyclic) bond motifs is 2. The molecule has 0 saturated heterocycles. The van der Waals surface area contributed by atoms with Gasteiger partial charge in [0.05, 0.1) is 16.8 Å². The number of hydrogen-bond acceptors (Lipinski definition) is 5. The van der Waals surface area contributed by atoms with E-state index in [1.165, 1.54) is 11.8 Å². The van der Waals surface area contributed by atoms with Gasteiger partial charge in [0, 0.05) is 5.69 Å². The van der Waals surface area contributed by atoms with Crippen LogP contribution in [0.5, 0.6) is 0 Å². The summed E-state index contributed by atoms with van der Waals surface area (Å²) in [5.74, 6) is -0.00591. The van der Waals surface area contributed by atoms with E-state index in [-0.39, 0.29) is 17.3 Å². The van der Waals surface area contributed by atoms with Gasteiger partial charge >= 0.3 is 5.69 Å². The number of thioether (sulfide) groups is 1. The summed E-state index contributed by atoms with van der Waals surface area (Å²) >= 11 is 1.23. The fraction of sp³-hybridized carbons (Fsp3) is 0.0625. The molecule has 0 bridgehead atoms. The highest BCUT2D eigenvalue weighted by Crippen LogP contribution is 2.23. The van der Waals surface area contributed by atoms with Crippen molar-refractivity contribution in [3.05, 3.63) is 52.9 Å². The molecule has 0 fully saturated rings. The fourth-order valence-electron chi connectivity index (χ4n) is 2.35. The van der Waals surface area contributed by atoms with Crippen molar-refractivity contribution >= 4 is 45.5 Å². The van der Waals surface area contributed by atoms with Gasteiger partial charge in [0.15, 0.2) is 5.58 Å². The Morgan fingerprint density at radius 1 is 1.17 bits per heavy atom. The van der Waals surface area contributed by atoms with Crippen LogP contribution in [0.2, 0.25) is 0 Å². The standard InChI is InChI=1S/C16H12N4O3S/c21-14(8-24-16-20-11-3-1-2-4-13(11)23-16)17-9-5-6-10-12(7-9)19-15(22)18-10/h1-7H,8H2,(H,17,21)(H2,18,19,22). The van der Waals surface area contributed by atoms with E-state index in [1.54, 1.807) is 18.2 Å². The van der Waals surface area contributed by atoms with Gasteiger partial charge < -0.3 is 19.7 Å². The van der Waals surface area contributed by atoms with Gasteiger partial charge in [-0.15, -0.1) is 0 Å². The first-order valence-corrected chi connectivity index (χ1v) is 8.16. The van der Waals surface area contributed by atoms with Crippen LogP contribution in [0.15, 0.2) is 56.9 Å². The number of imidazole rings is 1. The summed E-state index contributed by atoms with van der Waals surface area (Å²) in [6, 6.07) is 12.6. The molecule has 120 valence electrons. The van der Waals surface area contributed by atoms with Crippen LogP contribution < -0.4 is 11.0 Å². The third-order valence-electron chi connectivity index (χ3n) is 3.40. The van der Waals surface area contributed by atoms with Crippen molar-refractivity contribution in [1.82, 2.24) is 15.0 Å². The Kier molecular flexibility index (Phi) is 3.58. The van der Waals surface area contributed by atoms with E-state index < -0.39 is 0 Å². The molecule has 0 unspecified atom stereocenters. The highest BCUT2D eigenvalue weighted by molar-refractivity contribution is 7.99. The number of carbonyl (C=O) groups excluding carboxylic acids is 1. The Morgan fingerprint density at radius 3 is 2.88 bits per heavy atom. The molecule has 2 heterocycles. The maximum atomic E-state index is 12.1. The predicted octanol–water partition coefficient (Wildman–Crippen LogP) is 2.73. The van der Waals surface area contributed by atoms with Crippen molar-refractivity contribution in [3.63, 3.8) is 0 Å². The highest BCUT2D eigenvalue weighted by atomic mass is 32.2. The average Bonchev–Trinajstić information content (AvgIpc) is 3.14. The van der Waals surface area contributed by atoms with E-state index in [0.717, 1.165) is 5.52 Å². The summed E-state index contributed by atoms with van der Waals surface area (Å²) in [4.78, 5) is 32.9. The van der Waals surface area contributed by atoms with E-state index in [0.29, 0.717) is 27.5 Å². The molecule has 8 heteroatoms. The third-order valence-corrected chi connectivity index (χ3v) is 4.23. The third kappa shape index (κ3) is 2.91. The molecule has 2 aromatic carbocycles. The van der Waals surface area contributed by atoms with Crippen LogP contribution >= 0.6 is 11.8 Å². The van der Waals surface area contributed by atoms with Crippen LogP contribution in [0.3, 0.4) is 0 Å². The van der Waals surface area contributed by atoms with Crippen molar-refractivity contribution in [1.29, 1.82) is 0 Å². The van der Waals surface area contributed by atoms with Gasteiger partial charge in [0.2, 0.25) is 5.91 Å². The van der Waals surface area contributed by atoms with Crippen LogP contribution in [0.25, 0.3) is 22.1 Å². The number of nitrogens with zero attached hydrogens (tertiary/aromatic N) is 1. The second-order valence-electron chi connectivity index (χ2n) is 5.12. The second kappa shape index (κ2) is 5.89. The molecule has 24 heavy (non-hydrogen) atoms.